The number of anilines is 1. The number of rotatable bonds is 4. The lowest BCUT2D eigenvalue weighted by Gasteiger charge is -2.31. The Balaban J connectivity index is 1.35. The predicted octanol–water partition coefficient (Wildman–Crippen LogP) is 4.49. The van der Waals surface area contributed by atoms with Crippen LogP contribution in [-0.4, -0.2) is 41.3 Å². The maximum atomic E-state index is 12.6. The summed E-state index contributed by atoms with van der Waals surface area (Å²) < 4.78 is 5.28. The number of urea groups is 1. The summed E-state index contributed by atoms with van der Waals surface area (Å²) in [6, 6.07) is 5.06. The highest BCUT2D eigenvalue weighted by Crippen LogP contribution is 2.43. The van der Waals surface area contributed by atoms with Gasteiger partial charge in [0.15, 0.2) is 0 Å². The molecular formula is C18H21ClN4O2S. The Hall–Kier alpha value is -1.86. The van der Waals surface area contributed by atoms with Crippen molar-refractivity contribution in [2.45, 2.75) is 37.5 Å². The molecule has 1 saturated carbocycles. The highest BCUT2D eigenvalue weighted by Gasteiger charge is 2.31. The summed E-state index contributed by atoms with van der Waals surface area (Å²) in [5.74, 6) is 1.66. The number of aromatic nitrogens is 2. The molecule has 138 valence electrons. The quantitative estimate of drug-likeness (QED) is 0.832. The minimum Gasteiger partial charge on any atom is -0.495 e. The third kappa shape index (κ3) is 3.78. The monoisotopic (exact) mass is 392 g/mol. The summed E-state index contributed by atoms with van der Waals surface area (Å²) in [4.78, 5) is 14.4. The van der Waals surface area contributed by atoms with Crippen molar-refractivity contribution >= 4 is 34.7 Å². The molecule has 0 bridgehead atoms. The first-order chi connectivity index (χ1) is 12.6. The van der Waals surface area contributed by atoms with Gasteiger partial charge in [0.25, 0.3) is 0 Å². The van der Waals surface area contributed by atoms with Gasteiger partial charge in [-0.25, -0.2) is 4.79 Å². The number of amides is 2. The Morgan fingerprint density at radius 2 is 1.85 bits per heavy atom. The number of ether oxygens (including phenoxy) is 1. The fraction of sp³-hybridized carbons (Fsp3) is 0.500. The van der Waals surface area contributed by atoms with Crippen LogP contribution in [0.3, 0.4) is 0 Å². The van der Waals surface area contributed by atoms with Crippen molar-refractivity contribution in [1.82, 2.24) is 15.1 Å². The summed E-state index contributed by atoms with van der Waals surface area (Å²) >= 11 is 7.78. The molecule has 8 heteroatoms. The standard InChI is InChI=1S/C18H21ClN4O2S/c1-25-15-5-4-13(19)10-14(15)20-18(24)23-8-6-12(7-9-23)17-22-21-16(26-17)11-2-3-11/h4-5,10-12H,2-3,6-9H2,1H3,(H,20,24). The van der Waals surface area contributed by atoms with Crippen LogP contribution >= 0.6 is 22.9 Å². The first-order valence-electron chi connectivity index (χ1n) is 8.87. The number of carbonyl (C=O) groups is 1. The maximum absolute atomic E-state index is 12.6. The molecule has 4 rings (SSSR count). The first-order valence-corrected chi connectivity index (χ1v) is 10.1. The number of benzene rings is 1. The van der Waals surface area contributed by atoms with Gasteiger partial charge in [0.2, 0.25) is 0 Å². The van der Waals surface area contributed by atoms with E-state index in [0.29, 0.717) is 41.4 Å². The third-order valence-corrected chi connectivity index (χ3v) is 6.40. The highest BCUT2D eigenvalue weighted by atomic mass is 35.5. The zero-order valence-corrected chi connectivity index (χ0v) is 16.1. The van der Waals surface area contributed by atoms with E-state index in [-0.39, 0.29) is 6.03 Å². The van der Waals surface area contributed by atoms with Crippen LogP contribution in [0.1, 0.15) is 47.5 Å². The van der Waals surface area contributed by atoms with E-state index in [9.17, 15) is 4.79 Å². The van der Waals surface area contributed by atoms with Crippen molar-refractivity contribution in [3.8, 4) is 5.75 Å². The van der Waals surface area contributed by atoms with Gasteiger partial charge in [0.1, 0.15) is 15.8 Å². The number of carbonyl (C=O) groups excluding carboxylic acids is 1. The lowest BCUT2D eigenvalue weighted by atomic mass is 9.98. The van der Waals surface area contributed by atoms with Crippen molar-refractivity contribution in [2.24, 2.45) is 0 Å². The van der Waals surface area contributed by atoms with Gasteiger partial charge in [-0.3, -0.25) is 0 Å². The van der Waals surface area contributed by atoms with Gasteiger partial charge in [0, 0.05) is 29.9 Å². The third-order valence-electron chi connectivity index (χ3n) is 4.92. The van der Waals surface area contributed by atoms with E-state index >= 15 is 0 Å². The second-order valence-corrected chi connectivity index (χ2v) is 8.27. The van der Waals surface area contributed by atoms with Crippen LogP contribution in [0.5, 0.6) is 5.75 Å². The number of piperidine rings is 1. The molecule has 2 amide bonds. The fourth-order valence-corrected chi connectivity index (χ4v) is 4.56. The van der Waals surface area contributed by atoms with Gasteiger partial charge < -0.3 is 15.0 Å². The van der Waals surface area contributed by atoms with Crippen LogP contribution in [-0.2, 0) is 0 Å². The average Bonchev–Trinajstić information content (AvgIpc) is 3.39. The molecule has 1 aliphatic heterocycles. The number of hydrogen-bond donors (Lipinski definition) is 1. The summed E-state index contributed by atoms with van der Waals surface area (Å²) in [5, 5.41) is 14.5. The van der Waals surface area contributed by atoms with E-state index in [1.54, 1.807) is 36.6 Å². The molecule has 6 nitrogen and oxygen atoms in total. The van der Waals surface area contributed by atoms with E-state index in [2.05, 4.69) is 15.5 Å². The van der Waals surface area contributed by atoms with E-state index in [0.717, 1.165) is 17.8 Å². The maximum Gasteiger partial charge on any atom is 0.321 e. The van der Waals surface area contributed by atoms with Crippen LogP contribution in [0.15, 0.2) is 18.2 Å². The zero-order valence-electron chi connectivity index (χ0n) is 14.6. The molecule has 2 aliphatic rings. The van der Waals surface area contributed by atoms with Gasteiger partial charge in [0.05, 0.1) is 12.8 Å². The number of likely N-dealkylation sites (tertiary alicyclic amines) is 1. The molecule has 1 N–H and O–H groups in total. The van der Waals surface area contributed by atoms with Crippen LogP contribution in [0.2, 0.25) is 5.02 Å². The summed E-state index contributed by atoms with van der Waals surface area (Å²) in [5.41, 5.74) is 0.588. The molecule has 2 fully saturated rings. The lowest BCUT2D eigenvalue weighted by Crippen LogP contribution is -2.40. The van der Waals surface area contributed by atoms with Gasteiger partial charge in [-0.05, 0) is 43.9 Å². The molecule has 26 heavy (non-hydrogen) atoms. The van der Waals surface area contributed by atoms with Crippen molar-refractivity contribution < 1.29 is 9.53 Å². The predicted molar refractivity (Wildman–Crippen MR) is 102 cm³/mol. The molecule has 1 aromatic heterocycles. The second kappa shape index (κ2) is 7.40. The molecule has 2 heterocycles. The Morgan fingerprint density at radius 3 is 2.46 bits per heavy atom. The number of methoxy groups -OCH3 is 1. The SMILES string of the molecule is COc1ccc(Cl)cc1NC(=O)N1CCC(c2nnc(C3CC3)s2)CC1. The minimum atomic E-state index is -0.125. The molecule has 1 saturated heterocycles. The molecule has 0 radical (unpaired) electrons. The van der Waals surface area contributed by atoms with E-state index in [1.165, 1.54) is 17.8 Å². The van der Waals surface area contributed by atoms with Crippen LogP contribution in [0, 0.1) is 0 Å². The van der Waals surface area contributed by atoms with Gasteiger partial charge >= 0.3 is 6.03 Å². The van der Waals surface area contributed by atoms with Crippen molar-refractivity contribution in [3.63, 3.8) is 0 Å². The average molecular weight is 393 g/mol. The lowest BCUT2D eigenvalue weighted by molar-refractivity contribution is 0.194. The van der Waals surface area contributed by atoms with E-state index in [1.807, 2.05) is 4.90 Å². The fourth-order valence-electron chi connectivity index (χ4n) is 3.21. The smallest absolute Gasteiger partial charge is 0.321 e. The Kier molecular flexibility index (Phi) is 5.00. The zero-order chi connectivity index (χ0) is 18.1. The van der Waals surface area contributed by atoms with Crippen LogP contribution in [0.25, 0.3) is 0 Å². The van der Waals surface area contributed by atoms with Crippen molar-refractivity contribution in [3.05, 3.63) is 33.2 Å². The molecule has 0 atom stereocenters. The Morgan fingerprint density at radius 1 is 1.19 bits per heavy atom. The van der Waals surface area contributed by atoms with Gasteiger partial charge in [-0.15, -0.1) is 21.5 Å². The Bertz CT molecular complexity index is 800. The molecule has 0 spiro atoms. The molecule has 1 aliphatic carbocycles. The highest BCUT2D eigenvalue weighted by molar-refractivity contribution is 7.11. The summed E-state index contributed by atoms with van der Waals surface area (Å²) in [6.07, 6.45) is 4.33. The molecular weight excluding hydrogens is 372 g/mol. The number of halogens is 1. The van der Waals surface area contributed by atoms with Gasteiger partial charge in [-0.2, -0.15) is 0 Å². The van der Waals surface area contributed by atoms with Crippen molar-refractivity contribution in [2.75, 3.05) is 25.5 Å². The first kappa shape index (κ1) is 17.5. The van der Waals surface area contributed by atoms with Crippen LogP contribution in [0.4, 0.5) is 10.5 Å². The minimum absolute atomic E-state index is 0.125. The second-order valence-electron chi connectivity index (χ2n) is 6.79. The van der Waals surface area contributed by atoms with Crippen molar-refractivity contribution in [1.29, 1.82) is 0 Å². The summed E-state index contributed by atoms with van der Waals surface area (Å²) in [6.45, 7) is 1.41. The summed E-state index contributed by atoms with van der Waals surface area (Å²) in [7, 11) is 1.57. The largest absolute Gasteiger partial charge is 0.495 e. The van der Waals surface area contributed by atoms with E-state index < -0.39 is 0 Å². The Labute approximate surface area is 161 Å². The topological polar surface area (TPSA) is 67.3 Å². The molecule has 1 aromatic carbocycles. The van der Waals surface area contributed by atoms with E-state index in [4.69, 9.17) is 16.3 Å². The number of hydrogen-bond acceptors (Lipinski definition) is 5. The van der Waals surface area contributed by atoms with Crippen LogP contribution < -0.4 is 10.1 Å². The van der Waals surface area contributed by atoms with Gasteiger partial charge in [-0.1, -0.05) is 11.6 Å². The normalized spacial score (nSPS) is 18.0. The molecule has 0 unspecified atom stereocenters. The number of nitrogens with zero attached hydrogens (tertiary/aromatic N) is 3. The molecule has 2 aromatic rings. The number of nitrogens with one attached hydrogen (secondary N) is 1.